The molecule has 0 saturated heterocycles. The normalized spacial score (nSPS) is 11.6. The first-order valence-corrected chi connectivity index (χ1v) is 20.7. The van der Waals surface area contributed by atoms with Crippen LogP contribution in [0.4, 0.5) is 17.1 Å². The Balaban J connectivity index is 0.950. The SMILES string of the molecule is c1cc(-c2ccc(N(c3ccc(-c4ccc5c(c4)oc4ccccc45)cc3)c3ccccc3-c3ccc4oc5ccccc5c4c3)cc2)cc(-c2ccc3ccccc3c2)c1. The molecule has 0 atom stereocenters. The van der Waals surface area contributed by atoms with E-state index in [-0.39, 0.29) is 0 Å². The largest absolute Gasteiger partial charge is 0.456 e. The van der Waals surface area contributed by atoms with Gasteiger partial charge in [0, 0.05) is 38.5 Å². The fourth-order valence-electron chi connectivity index (χ4n) is 8.99. The van der Waals surface area contributed by atoms with Crippen molar-refractivity contribution in [2.24, 2.45) is 0 Å². The van der Waals surface area contributed by atoms with Gasteiger partial charge in [-0.25, -0.2) is 0 Å². The van der Waals surface area contributed by atoms with E-state index in [0.29, 0.717) is 0 Å². The number of furan rings is 2. The Hall–Kier alpha value is -8.14. The van der Waals surface area contributed by atoms with Crippen LogP contribution in [0.3, 0.4) is 0 Å². The molecule has 61 heavy (non-hydrogen) atoms. The van der Waals surface area contributed by atoms with Gasteiger partial charge in [0.25, 0.3) is 0 Å². The lowest BCUT2D eigenvalue weighted by atomic mass is 9.97. The molecule has 0 amide bonds. The maximum Gasteiger partial charge on any atom is 0.136 e. The number of para-hydroxylation sites is 3. The molecule has 0 aliphatic carbocycles. The van der Waals surface area contributed by atoms with Crippen molar-refractivity contribution in [2.75, 3.05) is 4.90 Å². The quantitative estimate of drug-likeness (QED) is 0.161. The maximum absolute atomic E-state index is 6.26. The van der Waals surface area contributed by atoms with Crippen LogP contribution in [0.1, 0.15) is 0 Å². The van der Waals surface area contributed by atoms with E-state index in [1.165, 1.54) is 27.5 Å². The lowest BCUT2D eigenvalue weighted by Gasteiger charge is -2.28. The van der Waals surface area contributed by atoms with Crippen LogP contribution in [0, 0.1) is 0 Å². The lowest BCUT2D eigenvalue weighted by Crippen LogP contribution is -2.11. The summed E-state index contributed by atoms with van der Waals surface area (Å²) in [6.07, 6.45) is 0. The van der Waals surface area contributed by atoms with Gasteiger partial charge in [0.05, 0.1) is 5.69 Å². The predicted molar refractivity (Wildman–Crippen MR) is 255 cm³/mol. The standard InChI is InChI=1S/C58H37NO2/c1-2-11-41-35-44(21-20-38(41)10-1)43-13-9-12-42(34-43)39-22-28-47(29-23-39)59(48-30-24-40(25-31-48)45-26-32-52-50-15-4-7-18-55(50)61-58(52)37-45)54-17-6-3-14-49(54)46-27-33-57-53(36-46)51-16-5-8-19-56(51)60-57/h1-37H. The molecule has 3 heteroatoms. The monoisotopic (exact) mass is 779 g/mol. The second-order valence-electron chi connectivity index (χ2n) is 15.7. The van der Waals surface area contributed by atoms with Crippen molar-refractivity contribution < 1.29 is 8.83 Å². The number of fused-ring (bicyclic) bond motifs is 7. The topological polar surface area (TPSA) is 29.5 Å². The first-order chi connectivity index (χ1) is 30.2. The highest BCUT2D eigenvalue weighted by molar-refractivity contribution is 6.07. The molecule has 2 heterocycles. The molecule has 286 valence electrons. The number of hydrogen-bond acceptors (Lipinski definition) is 3. The molecule has 0 N–H and O–H groups in total. The van der Waals surface area contributed by atoms with Gasteiger partial charge in [-0.2, -0.15) is 0 Å². The minimum Gasteiger partial charge on any atom is -0.456 e. The van der Waals surface area contributed by atoms with Crippen molar-refractivity contribution in [2.45, 2.75) is 0 Å². The zero-order valence-corrected chi connectivity index (χ0v) is 33.1. The van der Waals surface area contributed by atoms with Crippen LogP contribution in [0.15, 0.2) is 233 Å². The van der Waals surface area contributed by atoms with Crippen LogP contribution in [0.5, 0.6) is 0 Å². The second-order valence-corrected chi connectivity index (χ2v) is 15.7. The van der Waals surface area contributed by atoms with E-state index in [4.69, 9.17) is 8.83 Å². The van der Waals surface area contributed by atoms with Gasteiger partial charge in [-0.1, -0.05) is 146 Å². The average Bonchev–Trinajstić information content (AvgIpc) is 3.90. The molecule has 0 bridgehead atoms. The van der Waals surface area contributed by atoms with E-state index in [0.717, 1.165) is 88.8 Å². The van der Waals surface area contributed by atoms with E-state index < -0.39 is 0 Å². The maximum atomic E-state index is 6.26. The fourth-order valence-corrected chi connectivity index (χ4v) is 8.99. The number of anilines is 3. The van der Waals surface area contributed by atoms with Crippen LogP contribution in [-0.4, -0.2) is 0 Å². The zero-order chi connectivity index (χ0) is 40.3. The molecule has 2 aromatic heterocycles. The van der Waals surface area contributed by atoms with Crippen molar-refractivity contribution in [1.82, 2.24) is 0 Å². The second kappa shape index (κ2) is 14.3. The Morgan fingerprint density at radius 1 is 0.262 bits per heavy atom. The summed E-state index contributed by atoms with van der Waals surface area (Å²) in [6, 6.07) is 80.1. The number of benzene rings is 10. The lowest BCUT2D eigenvalue weighted by molar-refractivity contribution is 0.668. The van der Waals surface area contributed by atoms with Crippen molar-refractivity contribution in [3.63, 3.8) is 0 Å². The van der Waals surface area contributed by atoms with Gasteiger partial charge in [-0.3, -0.25) is 0 Å². The summed E-state index contributed by atoms with van der Waals surface area (Å²) < 4.78 is 12.5. The van der Waals surface area contributed by atoms with Crippen LogP contribution >= 0.6 is 0 Å². The summed E-state index contributed by atoms with van der Waals surface area (Å²) in [6.45, 7) is 0. The average molecular weight is 780 g/mol. The Kier molecular flexibility index (Phi) is 8.17. The Morgan fingerprint density at radius 3 is 1.52 bits per heavy atom. The van der Waals surface area contributed by atoms with Gasteiger partial charge < -0.3 is 13.7 Å². The third-order valence-electron chi connectivity index (χ3n) is 12.1. The highest BCUT2D eigenvalue weighted by Gasteiger charge is 2.19. The number of hydrogen-bond donors (Lipinski definition) is 0. The number of nitrogens with zero attached hydrogens (tertiary/aromatic N) is 1. The summed E-state index contributed by atoms with van der Waals surface area (Å²) in [4.78, 5) is 2.37. The summed E-state index contributed by atoms with van der Waals surface area (Å²) in [5, 5.41) is 6.98. The number of rotatable bonds is 7. The van der Waals surface area contributed by atoms with E-state index in [2.05, 4.69) is 205 Å². The molecule has 0 aliphatic heterocycles. The molecule has 0 saturated carbocycles. The molecule has 10 aromatic carbocycles. The smallest absolute Gasteiger partial charge is 0.136 e. The highest BCUT2D eigenvalue weighted by Crippen LogP contribution is 2.44. The molecule has 0 radical (unpaired) electrons. The van der Waals surface area contributed by atoms with Crippen LogP contribution in [0.25, 0.3) is 99.2 Å². The Labute approximate surface area is 353 Å². The van der Waals surface area contributed by atoms with Crippen molar-refractivity contribution in [1.29, 1.82) is 0 Å². The fraction of sp³-hybridized carbons (Fsp3) is 0. The third-order valence-corrected chi connectivity index (χ3v) is 12.1. The summed E-state index contributed by atoms with van der Waals surface area (Å²) >= 11 is 0. The first kappa shape index (κ1) is 34.9. The molecule has 12 aromatic rings. The van der Waals surface area contributed by atoms with Gasteiger partial charge in [-0.05, 0) is 129 Å². The van der Waals surface area contributed by atoms with Gasteiger partial charge in [-0.15, -0.1) is 0 Å². The Morgan fingerprint density at radius 2 is 0.770 bits per heavy atom. The van der Waals surface area contributed by atoms with Crippen molar-refractivity contribution in [3.8, 4) is 44.5 Å². The summed E-state index contributed by atoms with van der Waals surface area (Å²) in [7, 11) is 0. The molecule has 12 rings (SSSR count). The molecule has 0 spiro atoms. The van der Waals surface area contributed by atoms with E-state index >= 15 is 0 Å². The first-order valence-electron chi connectivity index (χ1n) is 20.7. The molecular formula is C58H37NO2. The zero-order valence-electron chi connectivity index (χ0n) is 33.1. The molecule has 0 unspecified atom stereocenters. The molecular weight excluding hydrogens is 743 g/mol. The highest BCUT2D eigenvalue weighted by atomic mass is 16.3. The predicted octanol–water partition coefficient (Wildman–Crippen LogP) is 16.8. The van der Waals surface area contributed by atoms with Gasteiger partial charge in [0.15, 0.2) is 0 Å². The van der Waals surface area contributed by atoms with Gasteiger partial charge in [0.2, 0.25) is 0 Å². The Bertz CT molecular complexity index is 3590. The summed E-state index contributed by atoms with van der Waals surface area (Å²) in [5.74, 6) is 0. The molecule has 3 nitrogen and oxygen atoms in total. The molecule has 0 fully saturated rings. The van der Waals surface area contributed by atoms with E-state index in [9.17, 15) is 0 Å². The van der Waals surface area contributed by atoms with E-state index in [1.54, 1.807) is 0 Å². The third kappa shape index (κ3) is 6.14. The minimum atomic E-state index is 0.885. The van der Waals surface area contributed by atoms with Crippen molar-refractivity contribution >= 4 is 71.7 Å². The summed E-state index contributed by atoms with van der Waals surface area (Å²) in [5.41, 5.74) is 16.0. The van der Waals surface area contributed by atoms with E-state index in [1.807, 2.05) is 24.3 Å². The molecule has 0 aliphatic rings. The van der Waals surface area contributed by atoms with Crippen LogP contribution < -0.4 is 4.90 Å². The van der Waals surface area contributed by atoms with Crippen molar-refractivity contribution in [3.05, 3.63) is 224 Å². The van der Waals surface area contributed by atoms with Crippen LogP contribution in [-0.2, 0) is 0 Å². The van der Waals surface area contributed by atoms with Gasteiger partial charge in [0.1, 0.15) is 22.3 Å². The van der Waals surface area contributed by atoms with Crippen LogP contribution in [0.2, 0.25) is 0 Å². The van der Waals surface area contributed by atoms with Gasteiger partial charge >= 0.3 is 0 Å². The minimum absolute atomic E-state index is 0.885.